The number of nitrogens with one attached hydrogen (secondary N) is 2. The van der Waals surface area contributed by atoms with Gasteiger partial charge in [-0.25, -0.2) is 5.43 Å². The lowest BCUT2D eigenvalue weighted by molar-refractivity contribution is -0.384. The monoisotopic (exact) mass is 415 g/mol. The van der Waals surface area contributed by atoms with Gasteiger partial charge >= 0.3 is 0 Å². The van der Waals surface area contributed by atoms with E-state index in [9.17, 15) is 14.9 Å². The van der Waals surface area contributed by atoms with Gasteiger partial charge < -0.3 is 4.74 Å². The van der Waals surface area contributed by atoms with E-state index in [2.05, 4.69) is 20.7 Å². The minimum absolute atomic E-state index is 0.0185. The Labute approximate surface area is 176 Å². The molecule has 0 fully saturated rings. The first kappa shape index (κ1) is 19.8. The van der Waals surface area contributed by atoms with E-state index in [0.29, 0.717) is 17.0 Å². The highest BCUT2D eigenvalue weighted by molar-refractivity contribution is 6.00. The van der Waals surface area contributed by atoms with Crippen molar-refractivity contribution in [3.63, 3.8) is 0 Å². The van der Waals surface area contributed by atoms with Crippen molar-refractivity contribution in [3.8, 4) is 17.0 Å². The van der Waals surface area contributed by atoms with E-state index in [1.807, 2.05) is 36.4 Å². The fraction of sp³-hybridized carbons (Fsp3) is 0.0455. The molecule has 0 spiro atoms. The van der Waals surface area contributed by atoms with Crippen LogP contribution in [0.25, 0.3) is 22.0 Å². The van der Waals surface area contributed by atoms with Gasteiger partial charge in [-0.05, 0) is 40.6 Å². The number of carbonyl (C=O) groups is 1. The number of carbonyl (C=O) groups excluding carboxylic acids is 1. The highest BCUT2D eigenvalue weighted by atomic mass is 16.6. The van der Waals surface area contributed by atoms with Crippen LogP contribution < -0.4 is 10.2 Å². The van der Waals surface area contributed by atoms with Crippen LogP contribution in [0.5, 0.6) is 5.75 Å². The number of aromatic nitrogens is 2. The second-order valence-electron chi connectivity index (χ2n) is 6.58. The predicted octanol–water partition coefficient (Wildman–Crippen LogP) is 3.91. The molecule has 1 heterocycles. The number of ether oxygens (including phenoxy) is 1. The molecule has 4 aromatic rings. The molecular formula is C22H17N5O4. The molecule has 0 unspecified atom stereocenters. The van der Waals surface area contributed by atoms with E-state index in [4.69, 9.17) is 4.74 Å². The van der Waals surface area contributed by atoms with Crippen LogP contribution in [-0.2, 0) is 0 Å². The molecule has 0 aliphatic carbocycles. The number of amides is 1. The maximum absolute atomic E-state index is 12.4. The number of benzene rings is 3. The molecule has 0 radical (unpaired) electrons. The summed E-state index contributed by atoms with van der Waals surface area (Å²) in [6, 6.07) is 19.1. The highest BCUT2D eigenvalue weighted by Crippen LogP contribution is 2.36. The fourth-order valence-corrected chi connectivity index (χ4v) is 3.16. The molecule has 0 aliphatic heterocycles. The van der Waals surface area contributed by atoms with Crippen LogP contribution in [-0.4, -0.2) is 34.4 Å². The zero-order valence-corrected chi connectivity index (χ0v) is 16.4. The number of rotatable bonds is 6. The number of nitrogens with zero attached hydrogens (tertiary/aromatic N) is 3. The van der Waals surface area contributed by atoms with Gasteiger partial charge in [0, 0.05) is 12.1 Å². The first-order valence-electron chi connectivity index (χ1n) is 9.26. The maximum atomic E-state index is 12.4. The van der Waals surface area contributed by atoms with Crippen LogP contribution in [0.4, 0.5) is 5.69 Å². The Morgan fingerprint density at radius 3 is 2.68 bits per heavy atom. The molecule has 0 aliphatic rings. The molecule has 154 valence electrons. The van der Waals surface area contributed by atoms with E-state index in [1.54, 1.807) is 13.2 Å². The Hall–Kier alpha value is -4.53. The van der Waals surface area contributed by atoms with Crippen LogP contribution >= 0.6 is 0 Å². The third-order valence-corrected chi connectivity index (χ3v) is 4.67. The third kappa shape index (κ3) is 4.10. The van der Waals surface area contributed by atoms with Gasteiger partial charge in [0.25, 0.3) is 11.6 Å². The fourth-order valence-electron chi connectivity index (χ4n) is 3.16. The summed E-state index contributed by atoms with van der Waals surface area (Å²) >= 11 is 0. The summed E-state index contributed by atoms with van der Waals surface area (Å²) in [5.41, 5.74) is 4.58. The van der Waals surface area contributed by atoms with Gasteiger partial charge in [0.15, 0.2) is 0 Å². The number of fused-ring (bicyclic) bond motifs is 1. The van der Waals surface area contributed by atoms with Gasteiger partial charge in [-0.15, -0.1) is 0 Å². The topological polar surface area (TPSA) is 123 Å². The number of H-pyrrole nitrogens is 1. The lowest BCUT2D eigenvalue weighted by Crippen LogP contribution is -2.18. The number of non-ortho nitro benzene ring substituents is 1. The van der Waals surface area contributed by atoms with Crippen molar-refractivity contribution in [2.24, 2.45) is 5.10 Å². The largest absolute Gasteiger partial charge is 0.496 e. The predicted molar refractivity (Wildman–Crippen MR) is 116 cm³/mol. The summed E-state index contributed by atoms with van der Waals surface area (Å²) in [6.07, 6.45) is 1.40. The first-order valence-corrected chi connectivity index (χ1v) is 9.26. The van der Waals surface area contributed by atoms with Gasteiger partial charge in [-0.2, -0.15) is 10.2 Å². The average Bonchev–Trinajstić information content (AvgIpc) is 3.28. The van der Waals surface area contributed by atoms with Crippen LogP contribution in [0.1, 0.15) is 16.1 Å². The van der Waals surface area contributed by atoms with Crippen molar-refractivity contribution in [2.45, 2.75) is 0 Å². The van der Waals surface area contributed by atoms with Crippen LogP contribution in [0.3, 0.4) is 0 Å². The number of nitro groups is 1. The molecule has 0 bridgehead atoms. The lowest BCUT2D eigenvalue weighted by atomic mass is 10.0. The molecule has 0 saturated carbocycles. The number of aromatic amines is 1. The smallest absolute Gasteiger partial charge is 0.289 e. The lowest BCUT2D eigenvalue weighted by Gasteiger charge is -2.09. The second kappa shape index (κ2) is 8.46. The Bertz CT molecular complexity index is 1300. The van der Waals surface area contributed by atoms with Gasteiger partial charge in [-0.3, -0.25) is 20.0 Å². The zero-order valence-electron chi connectivity index (χ0n) is 16.4. The van der Waals surface area contributed by atoms with Crippen molar-refractivity contribution in [1.29, 1.82) is 0 Å². The quantitative estimate of drug-likeness (QED) is 0.281. The summed E-state index contributed by atoms with van der Waals surface area (Å²) < 4.78 is 5.49. The number of nitro benzene ring substituents is 1. The second-order valence-corrected chi connectivity index (χ2v) is 6.58. The third-order valence-electron chi connectivity index (χ3n) is 4.67. The van der Waals surface area contributed by atoms with Crippen molar-refractivity contribution in [3.05, 3.63) is 88.1 Å². The Balaban J connectivity index is 1.53. The molecule has 9 nitrogen and oxygen atoms in total. The molecule has 31 heavy (non-hydrogen) atoms. The summed E-state index contributed by atoms with van der Waals surface area (Å²) in [7, 11) is 1.58. The molecule has 0 saturated heterocycles. The number of methoxy groups -OCH3 is 1. The first-order chi connectivity index (χ1) is 15.1. The minimum Gasteiger partial charge on any atom is -0.496 e. The molecule has 2 N–H and O–H groups in total. The van der Waals surface area contributed by atoms with E-state index in [0.717, 1.165) is 16.3 Å². The SMILES string of the molecule is COc1ccc2ccccc2c1-c1cc(C(=O)NN=Cc2ccc([N+](=O)[O-])cc2)[nH]n1. The molecular weight excluding hydrogens is 398 g/mol. The molecule has 9 heteroatoms. The van der Waals surface area contributed by atoms with Gasteiger partial charge in [0.05, 0.1) is 29.5 Å². The van der Waals surface area contributed by atoms with Crippen molar-refractivity contribution in [1.82, 2.24) is 15.6 Å². The van der Waals surface area contributed by atoms with Crippen molar-refractivity contribution < 1.29 is 14.5 Å². The normalized spacial score (nSPS) is 11.0. The molecule has 3 aromatic carbocycles. The van der Waals surface area contributed by atoms with Crippen molar-refractivity contribution >= 4 is 28.6 Å². The molecule has 0 atom stereocenters. The Morgan fingerprint density at radius 1 is 1.16 bits per heavy atom. The number of hydrogen-bond donors (Lipinski definition) is 2. The van der Waals surface area contributed by atoms with E-state index in [1.165, 1.54) is 30.5 Å². The van der Waals surface area contributed by atoms with Crippen LogP contribution in [0.2, 0.25) is 0 Å². The van der Waals surface area contributed by atoms with Gasteiger partial charge in [-0.1, -0.05) is 30.3 Å². The van der Waals surface area contributed by atoms with Crippen LogP contribution in [0.15, 0.2) is 71.8 Å². The Kier molecular flexibility index (Phi) is 5.39. The highest BCUT2D eigenvalue weighted by Gasteiger charge is 2.16. The number of hydrazone groups is 1. The van der Waals surface area contributed by atoms with Crippen molar-refractivity contribution in [2.75, 3.05) is 7.11 Å². The van der Waals surface area contributed by atoms with Gasteiger partial charge in [0.2, 0.25) is 0 Å². The van der Waals surface area contributed by atoms with E-state index < -0.39 is 10.8 Å². The summed E-state index contributed by atoms with van der Waals surface area (Å²) in [5, 5.41) is 23.6. The standard InChI is InChI=1S/C22H17N5O4/c1-31-20-11-8-15-4-2-3-5-17(15)21(20)18-12-19(25-24-18)22(28)26-23-13-14-6-9-16(10-7-14)27(29)30/h2-13H,1H3,(H,24,25)(H,26,28). The summed E-state index contributed by atoms with van der Waals surface area (Å²) in [6.45, 7) is 0. The minimum atomic E-state index is -0.483. The number of hydrogen-bond acceptors (Lipinski definition) is 6. The van der Waals surface area contributed by atoms with Gasteiger partial charge in [0.1, 0.15) is 11.4 Å². The molecule has 4 rings (SSSR count). The zero-order chi connectivity index (χ0) is 21.8. The van der Waals surface area contributed by atoms with Crippen LogP contribution in [0, 0.1) is 10.1 Å². The summed E-state index contributed by atoms with van der Waals surface area (Å²) in [5.74, 6) is 0.171. The molecule has 1 amide bonds. The maximum Gasteiger partial charge on any atom is 0.289 e. The summed E-state index contributed by atoms with van der Waals surface area (Å²) in [4.78, 5) is 22.6. The average molecular weight is 415 g/mol. The molecule has 1 aromatic heterocycles. The Morgan fingerprint density at radius 2 is 1.94 bits per heavy atom. The van der Waals surface area contributed by atoms with E-state index >= 15 is 0 Å². The van der Waals surface area contributed by atoms with E-state index in [-0.39, 0.29) is 11.4 Å².